The van der Waals surface area contributed by atoms with E-state index in [1.807, 2.05) is 11.8 Å². The Morgan fingerprint density at radius 2 is 1.28 bits per heavy atom. The lowest BCUT2D eigenvalue weighted by atomic mass is 9.90. The molecule has 0 radical (unpaired) electrons. The number of hydrogen-bond donors (Lipinski definition) is 2. The van der Waals surface area contributed by atoms with E-state index in [9.17, 15) is 0 Å². The summed E-state index contributed by atoms with van der Waals surface area (Å²) >= 11 is 1.99. The van der Waals surface area contributed by atoms with Crippen molar-refractivity contribution in [1.82, 2.24) is 5.32 Å². The summed E-state index contributed by atoms with van der Waals surface area (Å²) in [6.45, 7) is 0. The summed E-state index contributed by atoms with van der Waals surface area (Å²) in [5, 5.41) is 8.03. The Labute approximate surface area is 298 Å². The number of amidine groups is 1. The highest BCUT2D eigenvalue weighted by Crippen LogP contribution is 2.51. The van der Waals surface area contributed by atoms with Gasteiger partial charge in [0.2, 0.25) is 0 Å². The van der Waals surface area contributed by atoms with Crippen LogP contribution in [0.3, 0.4) is 0 Å². The van der Waals surface area contributed by atoms with Crippen molar-refractivity contribution < 1.29 is 0 Å². The predicted molar refractivity (Wildman–Crippen MR) is 210 cm³/mol. The van der Waals surface area contributed by atoms with Crippen molar-refractivity contribution in [1.29, 1.82) is 0 Å². The normalized spacial score (nSPS) is 20.4. The molecular weight excluding hydrogens is 627 g/mol. The van der Waals surface area contributed by atoms with Gasteiger partial charge in [0.25, 0.3) is 0 Å². The van der Waals surface area contributed by atoms with Gasteiger partial charge in [-0.2, -0.15) is 0 Å². The van der Waals surface area contributed by atoms with Crippen molar-refractivity contribution in [2.45, 2.75) is 34.6 Å². The van der Waals surface area contributed by atoms with Crippen LogP contribution in [0.1, 0.15) is 46.7 Å². The maximum Gasteiger partial charge on any atom is 0.129 e. The zero-order valence-corrected chi connectivity index (χ0v) is 28.4. The van der Waals surface area contributed by atoms with Gasteiger partial charge < -0.3 is 10.6 Å². The second-order valence-electron chi connectivity index (χ2n) is 13.2. The minimum atomic E-state index is 0.0727. The van der Waals surface area contributed by atoms with E-state index in [1.54, 1.807) is 0 Å². The van der Waals surface area contributed by atoms with Crippen LogP contribution in [0.2, 0.25) is 0 Å². The molecule has 3 aliphatic rings. The number of hydrogen-bond acceptors (Lipinski definition) is 4. The Balaban J connectivity index is 1.02. The fraction of sp³-hybridized carbons (Fsp3) is 0.109. The first-order valence-corrected chi connectivity index (χ1v) is 18.3. The number of thioether (sulfide) groups is 1. The van der Waals surface area contributed by atoms with Crippen LogP contribution in [0.25, 0.3) is 22.3 Å². The molecule has 2 heterocycles. The fourth-order valence-corrected chi connectivity index (χ4v) is 9.01. The van der Waals surface area contributed by atoms with Crippen LogP contribution in [0.15, 0.2) is 186 Å². The monoisotopic (exact) mass is 663 g/mol. The third-order valence-corrected chi connectivity index (χ3v) is 11.4. The standard InChI is InChI=1S/C46H37N3S/c1-3-14-31(15-4-1)42-30-43(32-16-5-2-6-17-32)49-46(48-42)35-20-12-21-36(29-35)47-41-26-9-7-22-37(41)33-18-11-19-34(28-33)38-24-13-25-40-39-23-8-10-27-44(39)50-45(38)40/h1-29,39,42-44,47H,30H2,(H,48,49). The number of anilines is 2. The fourth-order valence-electron chi connectivity index (χ4n) is 7.53. The molecule has 50 heavy (non-hydrogen) atoms. The number of benzene rings is 6. The molecule has 0 aromatic heterocycles. The second-order valence-corrected chi connectivity index (χ2v) is 14.4. The Hall–Kier alpha value is -5.58. The lowest BCUT2D eigenvalue weighted by Gasteiger charge is -2.31. The molecule has 0 saturated carbocycles. The SMILES string of the molecule is C1=CC2Sc3c(-c4cccc(-c5ccccc5Nc5cccc(C6=NC(c7ccccc7)CC(c7ccccc7)N6)c5)c4)cccc3C2C=C1. The van der Waals surface area contributed by atoms with Crippen molar-refractivity contribution in [3.8, 4) is 22.3 Å². The van der Waals surface area contributed by atoms with Gasteiger partial charge in [0.1, 0.15) is 5.84 Å². The first-order chi connectivity index (χ1) is 24.8. The van der Waals surface area contributed by atoms with Crippen molar-refractivity contribution in [2.24, 2.45) is 4.99 Å². The van der Waals surface area contributed by atoms with E-state index >= 15 is 0 Å². The summed E-state index contributed by atoms with van der Waals surface area (Å²) in [5.74, 6) is 1.37. The molecule has 0 fully saturated rings. The largest absolute Gasteiger partial charge is 0.363 e. The average molecular weight is 664 g/mol. The number of rotatable bonds is 7. The molecule has 0 saturated heterocycles. The van der Waals surface area contributed by atoms with Crippen molar-refractivity contribution in [3.63, 3.8) is 0 Å². The van der Waals surface area contributed by atoms with Crippen molar-refractivity contribution >= 4 is 29.0 Å². The summed E-state index contributed by atoms with van der Waals surface area (Å²) in [6, 6.07) is 54.6. The summed E-state index contributed by atoms with van der Waals surface area (Å²) < 4.78 is 0. The molecule has 3 nitrogen and oxygen atoms in total. The highest BCUT2D eigenvalue weighted by atomic mass is 32.2. The van der Waals surface area contributed by atoms with E-state index in [2.05, 4.69) is 187 Å². The molecule has 4 unspecified atom stereocenters. The van der Waals surface area contributed by atoms with Crippen LogP contribution >= 0.6 is 11.8 Å². The Bertz CT molecular complexity index is 2260. The Morgan fingerprint density at radius 3 is 2.14 bits per heavy atom. The molecule has 2 aliphatic heterocycles. The van der Waals surface area contributed by atoms with Gasteiger partial charge in [-0.1, -0.05) is 152 Å². The maximum absolute atomic E-state index is 5.27. The van der Waals surface area contributed by atoms with Gasteiger partial charge in [-0.25, -0.2) is 0 Å². The van der Waals surface area contributed by atoms with Crippen LogP contribution < -0.4 is 10.6 Å². The number of nitrogens with zero attached hydrogens (tertiary/aromatic N) is 1. The van der Waals surface area contributed by atoms with Crippen LogP contribution in [-0.2, 0) is 0 Å². The summed E-state index contributed by atoms with van der Waals surface area (Å²) in [5.41, 5.74) is 12.0. The highest BCUT2D eigenvalue weighted by molar-refractivity contribution is 8.00. The van der Waals surface area contributed by atoms with Gasteiger partial charge in [-0.15, -0.1) is 11.8 Å². The minimum Gasteiger partial charge on any atom is -0.363 e. The van der Waals surface area contributed by atoms with Crippen molar-refractivity contribution in [3.05, 3.63) is 198 Å². The topological polar surface area (TPSA) is 36.4 Å². The molecule has 6 aromatic carbocycles. The smallest absolute Gasteiger partial charge is 0.129 e. The van der Waals surface area contributed by atoms with E-state index in [-0.39, 0.29) is 12.1 Å². The van der Waals surface area contributed by atoms with E-state index in [0.29, 0.717) is 11.2 Å². The average Bonchev–Trinajstić information content (AvgIpc) is 3.58. The second kappa shape index (κ2) is 13.4. The van der Waals surface area contributed by atoms with E-state index in [1.165, 1.54) is 43.8 Å². The molecule has 2 N–H and O–H groups in total. The Morgan fingerprint density at radius 1 is 0.600 bits per heavy atom. The predicted octanol–water partition coefficient (Wildman–Crippen LogP) is 11.7. The first kappa shape index (κ1) is 30.5. The number of aliphatic imine (C=N–C) groups is 1. The van der Waals surface area contributed by atoms with E-state index in [0.717, 1.165) is 29.2 Å². The van der Waals surface area contributed by atoms with Gasteiger partial charge in [0.15, 0.2) is 0 Å². The van der Waals surface area contributed by atoms with Gasteiger partial charge in [0.05, 0.1) is 12.1 Å². The molecule has 0 bridgehead atoms. The van der Waals surface area contributed by atoms with Crippen molar-refractivity contribution in [2.75, 3.05) is 5.32 Å². The molecular formula is C46H37N3S. The quantitative estimate of drug-likeness (QED) is 0.178. The molecule has 9 rings (SSSR count). The lowest BCUT2D eigenvalue weighted by Crippen LogP contribution is -2.34. The Kier molecular flexibility index (Phi) is 8.15. The summed E-state index contributed by atoms with van der Waals surface area (Å²) in [7, 11) is 0. The van der Waals surface area contributed by atoms with E-state index in [4.69, 9.17) is 4.99 Å². The summed E-state index contributed by atoms with van der Waals surface area (Å²) in [4.78, 5) is 6.67. The third kappa shape index (κ3) is 5.97. The van der Waals surface area contributed by atoms with Gasteiger partial charge >= 0.3 is 0 Å². The highest BCUT2D eigenvalue weighted by Gasteiger charge is 2.32. The van der Waals surface area contributed by atoms with Crippen LogP contribution in [0, 0.1) is 0 Å². The molecule has 0 spiro atoms. The van der Waals surface area contributed by atoms with Gasteiger partial charge in [-0.3, -0.25) is 4.99 Å². The maximum atomic E-state index is 5.27. The van der Waals surface area contributed by atoms with Crippen LogP contribution in [-0.4, -0.2) is 11.1 Å². The lowest BCUT2D eigenvalue weighted by molar-refractivity contribution is 0.490. The van der Waals surface area contributed by atoms with Crippen LogP contribution in [0.4, 0.5) is 11.4 Å². The zero-order chi connectivity index (χ0) is 33.3. The zero-order valence-electron chi connectivity index (χ0n) is 27.6. The number of fused-ring (bicyclic) bond motifs is 3. The minimum absolute atomic E-state index is 0.0727. The third-order valence-electron chi connectivity index (χ3n) is 10.0. The molecule has 4 atom stereocenters. The molecule has 1 aliphatic carbocycles. The van der Waals surface area contributed by atoms with E-state index < -0.39 is 0 Å². The number of allylic oxidation sites excluding steroid dienone is 3. The van der Waals surface area contributed by atoms with Crippen LogP contribution in [0.5, 0.6) is 0 Å². The van der Waals surface area contributed by atoms with Gasteiger partial charge in [0, 0.05) is 38.6 Å². The molecule has 0 amide bonds. The first-order valence-electron chi connectivity index (χ1n) is 17.4. The van der Waals surface area contributed by atoms with Gasteiger partial charge in [-0.05, 0) is 64.1 Å². The summed E-state index contributed by atoms with van der Waals surface area (Å²) in [6.07, 6.45) is 9.96. The molecule has 6 aromatic rings. The number of nitrogens with one attached hydrogen (secondary N) is 2. The number of para-hydroxylation sites is 1. The molecule has 242 valence electrons. The molecule has 4 heteroatoms.